The molecule has 0 spiro atoms. The van der Waals surface area contributed by atoms with Gasteiger partial charge in [-0.2, -0.15) is 17.5 Å². The first-order chi connectivity index (χ1) is 9.62. The van der Waals surface area contributed by atoms with Crippen LogP contribution in [0, 0.1) is 0 Å². The van der Waals surface area contributed by atoms with Gasteiger partial charge in [0, 0.05) is 30.7 Å². The van der Waals surface area contributed by atoms with E-state index >= 15 is 0 Å². The van der Waals surface area contributed by atoms with Gasteiger partial charge in [0.25, 0.3) is 0 Å². The van der Waals surface area contributed by atoms with Crippen LogP contribution in [0.5, 0.6) is 0 Å². The summed E-state index contributed by atoms with van der Waals surface area (Å²) in [5.74, 6) is 0. The second kappa shape index (κ2) is 5.75. The summed E-state index contributed by atoms with van der Waals surface area (Å²) in [5.41, 5.74) is -1.24. The van der Waals surface area contributed by atoms with E-state index in [1.165, 1.54) is 0 Å². The van der Waals surface area contributed by atoms with Crippen molar-refractivity contribution in [1.29, 1.82) is 0 Å². The maximum atomic E-state index is 13.0. The van der Waals surface area contributed by atoms with E-state index in [4.69, 9.17) is 11.6 Å². The van der Waals surface area contributed by atoms with Crippen LogP contribution in [0.1, 0.15) is 12.5 Å². The number of piperazine rings is 1. The molecule has 1 aromatic carbocycles. The molecule has 1 fully saturated rings. The Labute approximate surface area is 125 Å². The van der Waals surface area contributed by atoms with Crippen molar-refractivity contribution in [3.05, 3.63) is 28.8 Å². The number of hydrogen-bond acceptors (Lipinski definition) is 3. The second-order valence-corrected chi connectivity index (χ2v) is 7.20. The predicted octanol–water partition coefficient (Wildman–Crippen LogP) is 2.34. The zero-order valence-corrected chi connectivity index (χ0v) is 12.7. The van der Waals surface area contributed by atoms with Crippen molar-refractivity contribution in [2.24, 2.45) is 0 Å². The third-order valence-corrected chi connectivity index (χ3v) is 5.35. The molecule has 0 amide bonds. The number of halogens is 4. The molecule has 1 saturated heterocycles. The van der Waals surface area contributed by atoms with Crippen molar-refractivity contribution < 1.29 is 21.6 Å². The van der Waals surface area contributed by atoms with Crippen LogP contribution >= 0.6 is 11.6 Å². The molecule has 1 atom stereocenters. The molecule has 21 heavy (non-hydrogen) atoms. The van der Waals surface area contributed by atoms with E-state index in [9.17, 15) is 21.6 Å². The highest BCUT2D eigenvalue weighted by atomic mass is 35.5. The number of hydrogen-bond donors (Lipinski definition) is 1. The number of rotatable bonds is 2. The van der Waals surface area contributed by atoms with Gasteiger partial charge < -0.3 is 5.32 Å². The Morgan fingerprint density at radius 1 is 1.38 bits per heavy atom. The van der Waals surface area contributed by atoms with Gasteiger partial charge in [-0.25, -0.2) is 8.42 Å². The molecule has 9 heteroatoms. The molecule has 2 rings (SSSR count). The summed E-state index contributed by atoms with van der Waals surface area (Å²) in [4.78, 5) is -0.756. The molecule has 1 N–H and O–H groups in total. The molecule has 0 unspecified atom stereocenters. The van der Waals surface area contributed by atoms with Crippen molar-refractivity contribution in [3.8, 4) is 0 Å². The fourth-order valence-corrected chi connectivity index (χ4v) is 4.10. The smallest absolute Gasteiger partial charge is 0.312 e. The summed E-state index contributed by atoms with van der Waals surface area (Å²) < 4.78 is 65.1. The number of nitrogens with one attached hydrogen (secondary N) is 1. The molecule has 0 saturated carbocycles. The molecule has 0 radical (unpaired) electrons. The lowest BCUT2D eigenvalue weighted by Gasteiger charge is -2.31. The van der Waals surface area contributed by atoms with Gasteiger partial charge in [0.1, 0.15) is 0 Å². The van der Waals surface area contributed by atoms with Gasteiger partial charge in [-0.3, -0.25) is 0 Å². The third-order valence-electron chi connectivity index (χ3n) is 3.20. The Kier molecular flexibility index (Phi) is 4.53. The van der Waals surface area contributed by atoms with E-state index < -0.39 is 26.7 Å². The third kappa shape index (κ3) is 3.50. The molecule has 0 bridgehead atoms. The molecule has 1 aliphatic heterocycles. The summed E-state index contributed by atoms with van der Waals surface area (Å²) in [7, 11) is -4.21. The maximum Gasteiger partial charge on any atom is 0.417 e. The average molecular weight is 343 g/mol. The number of nitrogens with zero attached hydrogens (tertiary/aromatic N) is 1. The normalized spacial score (nSPS) is 21.5. The molecular weight excluding hydrogens is 329 g/mol. The number of alkyl halides is 3. The van der Waals surface area contributed by atoms with E-state index in [0.717, 1.165) is 16.4 Å². The zero-order valence-electron chi connectivity index (χ0n) is 11.1. The van der Waals surface area contributed by atoms with E-state index in [1.807, 2.05) is 0 Å². The molecule has 4 nitrogen and oxygen atoms in total. The van der Waals surface area contributed by atoms with Crippen molar-refractivity contribution >= 4 is 21.6 Å². The quantitative estimate of drug-likeness (QED) is 0.897. The van der Waals surface area contributed by atoms with Gasteiger partial charge in [0.2, 0.25) is 10.0 Å². The van der Waals surface area contributed by atoms with Crippen LogP contribution in [0.3, 0.4) is 0 Å². The van der Waals surface area contributed by atoms with E-state index in [2.05, 4.69) is 5.32 Å². The maximum absolute atomic E-state index is 13.0. The Morgan fingerprint density at radius 2 is 2.05 bits per heavy atom. The first-order valence-corrected chi connectivity index (χ1v) is 8.04. The van der Waals surface area contributed by atoms with Crippen molar-refractivity contribution in [2.75, 3.05) is 19.6 Å². The molecular formula is C12H14ClF3N2O2S. The fraction of sp³-hybridized carbons (Fsp3) is 0.500. The summed E-state index contributed by atoms with van der Waals surface area (Å²) in [6, 6.07) is 2.58. The van der Waals surface area contributed by atoms with Crippen molar-refractivity contribution in [2.45, 2.75) is 24.0 Å². The van der Waals surface area contributed by atoms with E-state index in [-0.39, 0.29) is 24.2 Å². The molecule has 1 aromatic rings. The van der Waals surface area contributed by atoms with Crippen LogP contribution in [-0.4, -0.2) is 38.4 Å². The lowest BCUT2D eigenvalue weighted by molar-refractivity contribution is -0.139. The van der Waals surface area contributed by atoms with Gasteiger partial charge in [-0.15, -0.1) is 0 Å². The first-order valence-electron chi connectivity index (χ1n) is 6.22. The Hall–Kier alpha value is -0.830. The summed E-state index contributed by atoms with van der Waals surface area (Å²) in [5, 5.41) is 2.88. The predicted molar refractivity (Wildman–Crippen MR) is 72.7 cm³/mol. The molecule has 118 valence electrons. The average Bonchev–Trinajstić information content (AvgIpc) is 2.37. The van der Waals surface area contributed by atoms with E-state index in [1.54, 1.807) is 6.92 Å². The van der Waals surface area contributed by atoms with Crippen LogP contribution in [-0.2, 0) is 16.2 Å². The second-order valence-electron chi connectivity index (χ2n) is 4.86. The highest BCUT2D eigenvalue weighted by Crippen LogP contribution is 2.37. The minimum Gasteiger partial charge on any atom is -0.312 e. The SMILES string of the molecule is C[C@H]1CN(S(=O)(=O)c2ccc(Cl)cc2C(F)(F)F)CCN1. The summed E-state index contributed by atoms with van der Waals surface area (Å²) >= 11 is 5.56. The number of benzene rings is 1. The van der Waals surface area contributed by atoms with Crippen LogP contribution in [0.15, 0.2) is 23.1 Å². The lowest BCUT2D eigenvalue weighted by atomic mass is 10.2. The molecule has 0 aromatic heterocycles. The number of sulfonamides is 1. The lowest BCUT2D eigenvalue weighted by Crippen LogP contribution is -2.51. The largest absolute Gasteiger partial charge is 0.417 e. The Morgan fingerprint density at radius 3 is 2.62 bits per heavy atom. The minimum absolute atomic E-state index is 0.116. The first kappa shape index (κ1) is 16.5. The Balaban J connectivity index is 2.50. The fourth-order valence-electron chi connectivity index (χ4n) is 2.20. The van der Waals surface area contributed by atoms with Gasteiger partial charge in [-0.05, 0) is 25.1 Å². The topological polar surface area (TPSA) is 49.4 Å². The van der Waals surface area contributed by atoms with Gasteiger partial charge >= 0.3 is 6.18 Å². The van der Waals surface area contributed by atoms with Crippen molar-refractivity contribution in [1.82, 2.24) is 9.62 Å². The van der Waals surface area contributed by atoms with Crippen LogP contribution in [0.2, 0.25) is 5.02 Å². The summed E-state index contributed by atoms with van der Waals surface area (Å²) in [6.07, 6.45) is -4.78. The minimum atomic E-state index is -4.78. The van der Waals surface area contributed by atoms with E-state index in [0.29, 0.717) is 12.6 Å². The zero-order chi connectivity index (χ0) is 15.8. The van der Waals surface area contributed by atoms with Gasteiger partial charge in [-0.1, -0.05) is 11.6 Å². The standard InChI is InChI=1S/C12H14ClF3N2O2S/c1-8-7-18(5-4-17-8)21(19,20)11-3-2-9(13)6-10(11)12(14,15)16/h2-3,6,8,17H,4-5,7H2,1H3/t8-/m0/s1. The van der Waals surface area contributed by atoms with Crippen LogP contribution in [0.25, 0.3) is 0 Å². The molecule has 1 aliphatic rings. The van der Waals surface area contributed by atoms with Crippen molar-refractivity contribution in [3.63, 3.8) is 0 Å². The summed E-state index contributed by atoms with van der Waals surface area (Å²) in [6.45, 7) is 2.43. The molecule has 0 aliphatic carbocycles. The highest BCUT2D eigenvalue weighted by Gasteiger charge is 2.40. The Bertz CT molecular complexity index is 634. The van der Waals surface area contributed by atoms with Crippen LogP contribution < -0.4 is 5.32 Å². The van der Waals surface area contributed by atoms with Gasteiger partial charge in [0.15, 0.2) is 0 Å². The van der Waals surface area contributed by atoms with Crippen LogP contribution in [0.4, 0.5) is 13.2 Å². The monoisotopic (exact) mass is 342 g/mol. The molecule has 1 heterocycles. The highest BCUT2D eigenvalue weighted by molar-refractivity contribution is 7.89. The van der Waals surface area contributed by atoms with Gasteiger partial charge in [0.05, 0.1) is 10.5 Å².